The van der Waals surface area contributed by atoms with Gasteiger partial charge in [-0.1, -0.05) is 6.92 Å². The van der Waals surface area contributed by atoms with Crippen LogP contribution < -0.4 is 11.1 Å². The fourth-order valence-corrected chi connectivity index (χ4v) is 3.57. The molecule has 3 atom stereocenters. The lowest BCUT2D eigenvalue weighted by molar-refractivity contribution is -0.139. The number of amides is 2. The van der Waals surface area contributed by atoms with Crippen LogP contribution in [-0.4, -0.2) is 41.9 Å². The van der Waals surface area contributed by atoms with Gasteiger partial charge in [0.1, 0.15) is 0 Å². The molecular weight excluding hydrogens is 254 g/mol. The number of rotatable bonds is 2. The smallest absolute Gasteiger partial charge is 0.225 e. The Balaban J connectivity index is 1.84. The van der Waals surface area contributed by atoms with Crippen LogP contribution in [0.25, 0.3) is 0 Å². The van der Waals surface area contributed by atoms with Crippen molar-refractivity contribution in [2.75, 3.05) is 13.1 Å². The highest BCUT2D eigenvalue weighted by Crippen LogP contribution is 2.31. The number of hydrogen-bond acceptors (Lipinski definition) is 3. The van der Waals surface area contributed by atoms with E-state index in [4.69, 9.17) is 5.73 Å². The first-order chi connectivity index (χ1) is 9.47. The highest BCUT2D eigenvalue weighted by atomic mass is 16.2. The number of piperidine rings is 1. The van der Waals surface area contributed by atoms with Gasteiger partial charge in [-0.3, -0.25) is 9.59 Å². The Bertz CT molecular complexity index is 364. The second-order valence-electron chi connectivity index (χ2n) is 6.46. The summed E-state index contributed by atoms with van der Waals surface area (Å²) in [5, 5.41) is 2.94. The molecule has 3 unspecified atom stereocenters. The van der Waals surface area contributed by atoms with Gasteiger partial charge in [0.15, 0.2) is 0 Å². The summed E-state index contributed by atoms with van der Waals surface area (Å²) in [6.45, 7) is 5.22. The molecule has 1 saturated carbocycles. The molecule has 5 nitrogen and oxygen atoms in total. The normalized spacial score (nSPS) is 31.9. The maximum Gasteiger partial charge on any atom is 0.225 e. The molecule has 2 fully saturated rings. The van der Waals surface area contributed by atoms with Gasteiger partial charge >= 0.3 is 0 Å². The Morgan fingerprint density at radius 3 is 2.35 bits per heavy atom. The van der Waals surface area contributed by atoms with Crippen molar-refractivity contribution in [1.29, 1.82) is 0 Å². The Kier molecular flexibility index (Phi) is 5.02. The second-order valence-corrected chi connectivity index (χ2v) is 6.46. The van der Waals surface area contributed by atoms with Gasteiger partial charge in [-0.2, -0.15) is 0 Å². The molecule has 2 amide bonds. The van der Waals surface area contributed by atoms with Crippen molar-refractivity contribution in [2.45, 2.75) is 58.0 Å². The van der Waals surface area contributed by atoms with E-state index in [-0.39, 0.29) is 23.9 Å². The van der Waals surface area contributed by atoms with Gasteiger partial charge in [0.25, 0.3) is 0 Å². The molecule has 0 spiro atoms. The number of carbonyl (C=O) groups is 2. The topological polar surface area (TPSA) is 75.4 Å². The number of nitrogens with one attached hydrogen (secondary N) is 1. The lowest BCUT2D eigenvalue weighted by Crippen LogP contribution is -2.49. The molecule has 0 aromatic rings. The molecule has 5 heteroatoms. The minimum absolute atomic E-state index is 0.0182. The zero-order valence-corrected chi connectivity index (χ0v) is 12.6. The third-order valence-electron chi connectivity index (χ3n) is 4.74. The van der Waals surface area contributed by atoms with E-state index in [2.05, 4.69) is 12.2 Å². The number of nitrogens with zero attached hydrogens (tertiary/aromatic N) is 1. The minimum atomic E-state index is 0.0182. The second kappa shape index (κ2) is 6.57. The average molecular weight is 281 g/mol. The number of nitrogens with two attached hydrogens (primary N) is 1. The van der Waals surface area contributed by atoms with Gasteiger partial charge < -0.3 is 16.0 Å². The molecule has 3 N–H and O–H groups in total. The first kappa shape index (κ1) is 15.3. The highest BCUT2D eigenvalue weighted by Gasteiger charge is 2.34. The monoisotopic (exact) mass is 281 g/mol. The third-order valence-corrected chi connectivity index (χ3v) is 4.74. The average Bonchev–Trinajstić information content (AvgIpc) is 2.38. The summed E-state index contributed by atoms with van der Waals surface area (Å²) in [6.07, 6.45) is 4.58. The summed E-state index contributed by atoms with van der Waals surface area (Å²) in [6, 6.07) is 0.494. The lowest BCUT2D eigenvalue weighted by Gasteiger charge is -2.38. The van der Waals surface area contributed by atoms with Gasteiger partial charge in [0, 0.05) is 38.0 Å². The van der Waals surface area contributed by atoms with Crippen molar-refractivity contribution >= 4 is 11.8 Å². The van der Waals surface area contributed by atoms with Crippen LogP contribution in [0.5, 0.6) is 0 Å². The van der Waals surface area contributed by atoms with Crippen molar-refractivity contribution < 1.29 is 9.59 Å². The third kappa shape index (κ3) is 3.72. The van der Waals surface area contributed by atoms with Crippen LogP contribution in [0.1, 0.15) is 46.0 Å². The van der Waals surface area contributed by atoms with Crippen LogP contribution in [0.15, 0.2) is 0 Å². The van der Waals surface area contributed by atoms with Crippen LogP contribution in [0, 0.1) is 11.8 Å². The van der Waals surface area contributed by atoms with E-state index in [1.54, 1.807) is 6.92 Å². The van der Waals surface area contributed by atoms with Crippen LogP contribution in [0.3, 0.4) is 0 Å². The quantitative estimate of drug-likeness (QED) is 0.789. The number of carbonyl (C=O) groups excluding carboxylic acids is 2. The Morgan fingerprint density at radius 1 is 1.15 bits per heavy atom. The van der Waals surface area contributed by atoms with Crippen molar-refractivity contribution in [3.63, 3.8) is 0 Å². The molecule has 0 aromatic carbocycles. The Morgan fingerprint density at radius 2 is 1.80 bits per heavy atom. The molecule has 1 aliphatic heterocycles. The van der Waals surface area contributed by atoms with E-state index in [9.17, 15) is 9.59 Å². The molecule has 1 heterocycles. The first-order valence-corrected chi connectivity index (χ1v) is 7.79. The summed E-state index contributed by atoms with van der Waals surface area (Å²) in [5.74, 6) is 0.849. The summed E-state index contributed by atoms with van der Waals surface area (Å²) >= 11 is 0. The molecule has 0 aromatic heterocycles. The van der Waals surface area contributed by atoms with Gasteiger partial charge in [0.2, 0.25) is 11.8 Å². The van der Waals surface area contributed by atoms with Crippen molar-refractivity contribution in [1.82, 2.24) is 10.2 Å². The first-order valence-electron chi connectivity index (χ1n) is 7.79. The summed E-state index contributed by atoms with van der Waals surface area (Å²) in [7, 11) is 0. The molecule has 114 valence electrons. The van der Waals surface area contributed by atoms with E-state index in [0.717, 1.165) is 45.2 Å². The lowest BCUT2D eigenvalue weighted by atomic mass is 9.77. The molecule has 20 heavy (non-hydrogen) atoms. The standard InChI is InChI=1S/C15H27N3O2/c1-10-9-12(16)3-4-14(10)15(20)18-7-5-13(6-8-18)17-11(2)19/h10,12-14H,3-9,16H2,1-2H3,(H,17,19). The van der Waals surface area contributed by atoms with E-state index < -0.39 is 0 Å². The van der Waals surface area contributed by atoms with Crippen LogP contribution >= 0.6 is 0 Å². The fraction of sp³-hybridized carbons (Fsp3) is 0.867. The number of hydrogen-bond donors (Lipinski definition) is 2. The van der Waals surface area contributed by atoms with Crippen molar-refractivity contribution in [2.24, 2.45) is 17.6 Å². The van der Waals surface area contributed by atoms with Crippen LogP contribution in [0.4, 0.5) is 0 Å². The Labute approximate surface area is 121 Å². The minimum Gasteiger partial charge on any atom is -0.353 e. The molecule has 0 radical (unpaired) electrons. The summed E-state index contributed by atoms with van der Waals surface area (Å²) < 4.78 is 0. The molecule has 1 aliphatic carbocycles. The van der Waals surface area contributed by atoms with E-state index in [1.807, 2.05) is 4.90 Å². The molecule has 0 bridgehead atoms. The predicted octanol–water partition coefficient (Wildman–Crippen LogP) is 0.877. The van der Waals surface area contributed by atoms with Crippen molar-refractivity contribution in [3.8, 4) is 0 Å². The van der Waals surface area contributed by atoms with E-state index >= 15 is 0 Å². The molecule has 2 rings (SSSR count). The zero-order valence-electron chi connectivity index (χ0n) is 12.6. The molecule has 1 saturated heterocycles. The number of likely N-dealkylation sites (tertiary alicyclic amines) is 1. The van der Waals surface area contributed by atoms with Crippen LogP contribution in [0.2, 0.25) is 0 Å². The summed E-state index contributed by atoms with van der Waals surface area (Å²) in [5.41, 5.74) is 5.97. The fourth-order valence-electron chi connectivity index (χ4n) is 3.57. The molecule has 2 aliphatic rings. The van der Waals surface area contributed by atoms with Crippen molar-refractivity contribution in [3.05, 3.63) is 0 Å². The maximum absolute atomic E-state index is 12.6. The van der Waals surface area contributed by atoms with E-state index in [1.165, 1.54) is 0 Å². The molecular formula is C15H27N3O2. The largest absolute Gasteiger partial charge is 0.353 e. The van der Waals surface area contributed by atoms with Gasteiger partial charge in [-0.15, -0.1) is 0 Å². The van der Waals surface area contributed by atoms with Gasteiger partial charge in [-0.05, 0) is 38.0 Å². The predicted molar refractivity (Wildman–Crippen MR) is 77.9 cm³/mol. The van der Waals surface area contributed by atoms with E-state index in [0.29, 0.717) is 11.8 Å². The Hall–Kier alpha value is -1.10. The maximum atomic E-state index is 12.6. The highest BCUT2D eigenvalue weighted by molar-refractivity contribution is 5.79. The SMILES string of the molecule is CC(=O)NC1CCN(C(=O)C2CCC(N)CC2C)CC1. The van der Waals surface area contributed by atoms with Crippen LogP contribution in [-0.2, 0) is 9.59 Å². The van der Waals surface area contributed by atoms with Gasteiger partial charge in [0.05, 0.1) is 0 Å². The summed E-state index contributed by atoms with van der Waals surface area (Å²) in [4.78, 5) is 25.6. The zero-order chi connectivity index (χ0) is 14.7. The van der Waals surface area contributed by atoms with Gasteiger partial charge in [-0.25, -0.2) is 0 Å².